The summed E-state index contributed by atoms with van der Waals surface area (Å²) >= 11 is 3.38. The highest BCUT2D eigenvalue weighted by molar-refractivity contribution is 9.10. The topological polar surface area (TPSA) is 46.2 Å². The average molecular weight is 228 g/mol. The lowest BCUT2D eigenvalue weighted by Crippen LogP contribution is -2.21. The molecule has 0 amide bonds. The van der Waals surface area contributed by atoms with Crippen LogP contribution in [-0.2, 0) is 6.42 Å². The molecule has 0 saturated carbocycles. The Bertz CT molecular complexity index is 313. The Morgan fingerprint density at radius 1 is 1.50 bits per heavy atom. The highest BCUT2D eigenvalue weighted by atomic mass is 79.9. The first-order valence-corrected chi connectivity index (χ1v) is 4.70. The summed E-state index contributed by atoms with van der Waals surface area (Å²) in [4.78, 5) is 0. The molecule has 64 valence electrons. The molecule has 12 heavy (non-hydrogen) atoms. The van der Waals surface area contributed by atoms with Crippen molar-refractivity contribution in [1.82, 2.24) is 0 Å². The molecule has 0 radical (unpaired) electrons. The van der Waals surface area contributed by atoms with E-state index < -0.39 is 6.10 Å². The van der Waals surface area contributed by atoms with E-state index in [1.165, 1.54) is 0 Å². The number of aliphatic hydroxyl groups excluding tert-OH is 1. The Hall–Kier alpha value is -0.380. The van der Waals surface area contributed by atoms with Gasteiger partial charge < -0.3 is 10.8 Å². The predicted octanol–water partition coefficient (Wildman–Crippen LogP) is 1.37. The Morgan fingerprint density at radius 3 is 3.00 bits per heavy atom. The molecule has 1 aliphatic carbocycles. The fraction of sp³-hybridized carbons (Fsp3) is 0.333. The molecule has 1 unspecified atom stereocenters. The second-order valence-corrected chi connectivity index (χ2v) is 4.06. The van der Waals surface area contributed by atoms with E-state index in [2.05, 4.69) is 15.9 Å². The Labute approximate surface area is 79.5 Å². The maximum atomic E-state index is 9.47. The summed E-state index contributed by atoms with van der Waals surface area (Å²) in [5.41, 5.74) is 8.01. The second kappa shape index (κ2) is 2.83. The molecular weight excluding hydrogens is 218 g/mol. The van der Waals surface area contributed by atoms with Crippen molar-refractivity contribution < 1.29 is 5.11 Å². The molecule has 0 aromatic heterocycles. The van der Waals surface area contributed by atoms with Gasteiger partial charge in [-0.2, -0.15) is 0 Å². The first kappa shape index (κ1) is 8.23. The third-order valence-electron chi connectivity index (χ3n) is 2.31. The summed E-state index contributed by atoms with van der Waals surface area (Å²) in [6, 6.07) is 5.75. The summed E-state index contributed by atoms with van der Waals surface area (Å²) in [5, 5.41) is 9.47. The van der Waals surface area contributed by atoms with E-state index in [1.807, 2.05) is 18.2 Å². The number of fused-ring (bicyclic) bond motifs is 1. The summed E-state index contributed by atoms with van der Waals surface area (Å²) in [7, 11) is 0. The molecule has 1 aliphatic rings. The van der Waals surface area contributed by atoms with Crippen molar-refractivity contribution in [3.05, 3.63) is 33.8 Å². The molecule has 0 aliphatic heterocycles. The molecule has 3 heteroatoms. The van der Waals surface area contributed by atoms with Gasteiger partial charge in [0.05, 0.1) is 12.1 Å². The number of hydrogen-bond donors (Lipinski definition) is 2. The van der Waals surface area contributed by atoms with E-state index >= 15 is 0 Å². The highest BCUT2D eigenvalue weighted by Crippen LogP contribution is 2.31. The average Bonchev–Trinajstić information content (AvgIpc) is 2.28. The first-order chi connectivity index (χ1) is 5.68. The van der Waals surface area contributed by atoms with Gasteiger partial charge in [-0.3, -0.25) is 0 Å². The molecule has 3 N–H and O–H groups in total. The zero-order chi connectivity index (χ0) is 8.72. The van der Waals surface area contributed by atoms with Gasteiger partial charge >= 0.3 is 0 Å². The fourth-order valence-electron chi connectivity index (χ4n) is 1.64. The van der Waals surface area contributed by atoms with E-state index in [0.29, 0.717) is 6.42 Å². The lowest BCUT2D eigenvalue weighted by atomic mass is 10.1. The monoisotopic (exact) mass is 227 g/mol. The van der Waals surface area contributed by atoms with Crippen LogP contribution in [0.15, 0.2) is 22.7 Å². The Kier molecular flexibility index (Phi) is 1.94. The normalized spacial score (nSPS) is 27.2. The Morgan fingerprint density at radius 2 is 2.25 bits per heavy atom. The summed E-state index contributed by atoms with van der Waals surface area (Å²) in [6.07, 6.45) is 0.268. The van der Waals surface area contributed by atoms with Gasteiger partial charge in [0.1, 0.15) is 0 Å². The quantitative estimate of drug-likeness (QED) is 0.704. The van der Waals surface area contributed by atoms with Crippen molar-refractivity contribution in [3.63, 3.8) is 0 Å². The van der Waals surface area contributed by atoms with Crippen LogP contribution in [0.1, 0.15) is 17.2 Å². The van der Waals surface area contributed by atoms with Gasteiger partial charge in [-0.25, -0.2) is 0 Å². The molecule has 0 saturated heterocycles. The number of benzene rings is 1. The van der Waals surface area contributed by atoms with Gasteiger partial charge in [-0.05, 0) is 23.3 Å². The first-order valence-electron chi connectivity index (χ1n) is 3.90. The van der Waals surface area contributed by atoms with Crippen molar-refractivity contribution in [2.45, 2.75) is 18.6 Å². The van der Waals surface area contributed by atoms with Gasteiger partial charge in [0, 0.05) is 10.9 Å². The summed E-state index contributed by atoms with van der Waals surface area (Å²) < 4.78 is 1.04. The largest absolute Gasteiger partial charge is 0.391 e. The van der Waals surface area contributed by atoms with Gasteiger partial charge in [0.15, 0.2) is 0 Å². The minimum absolute atomic E-state index is 0.201. The second-order valence-electron chi connectivity index (χ2n) is 3.14. The molecule has 2 rings (SSSR count). The molecule has 1 aromatic rings. The van der Waals surface area contributed by atoms with Gasteiger partial charge in [0.25, 0.3) is 0 Å². The van der Waals surface area contributed by atoms with Crippen LogP contribution in [-0.4, -0.2) is 11.2 Å². The zero-order valence-electron chi connectivity index (χ0n) is 6.50. The third kappa shape index (κ3) is 1.18. The maximum Gasteiger partial charge on any atom is 0.0773 e. The molecule has 0 heterocycles. The van der Waals surface area contributed by atoms with Gasteiger partial charge in [0.2, 0.25) is 0 Å². The van der Waals surface area contributed by atoms with E-state index in [9.17, 15) is 5.11 Å². The van der Waals surface area contributed by atoms with Crippen LogP contribution in [0.4, 0.5) is 0 Å². The zero-order valence-corrected chi connectivity index (χ0v) is 8.08. The van der Waals surface area contributed by atoms with Crippen LogP contribution in [0.3, 0.4) is 0 Å². The smallest absolute Gasteiger partial charge is 0.0773 e. The molecule has 0 bridgehead atoms. The number of rotatable bonds is 0. The summed E-state index contributed by atoms with van der Waals surface area (Å²) in [5.74, 6) is 0. The number of aliphatic hydroxyl groups is 1. The van der Waals surface area contributed by atoms with Crippen LogP contribution in [0, 0.1) is 0 Å². The third-order valence-corrected chi connectivity index (χ3v) is 2.80. The SMILES string of the molecule is N[C@H]1c2ccc(Br)cc2CC1O. The van der Waals surface area contributed by atoms with E-state index in [1.54, 1.807) is 0 Å². The van der Waals surface area contributed by atoms with Crippen LogP contribution < -0.4 is 5.73 Å². The fourth-order valence-corrected chi connectivity index (χ4v) is 2.04. The van der Waals surface area contributed by atoms with Crippen molar-refractivity contribution >= 4 is 15.9 Å². The molecular formula is C9H10BrNO. The molecule has 0 spiro atoms. The standard InChI is InChI=1S/C9H10BrNO/c10-6-1-2-7-5(3-6)4-8(12)9(7)11/h1-3,8-9,12H,4,11H2/t8?,9-/m0/s1. The van der Waals surface area contributed by atoms with Crippen molar-refractivity contribution in [3.8, 4) is 0 Å². The maximum absolute atomic E-state index is 9.47. The number of halogens is 1. The lowest BCUT2D eigenvalue weighted by molar-refractivity contribution is 0.158. The highest BCUT2D eigenvalue weighted by Gasteiger charge is 2.27. The van der Waals surface area contributed by atoms with Crippen LogP contribution in [0.5, 0.6) is 0 Å². The molecule has 0 fully saturated rings. The van der Waals surface area contributed by atoms with Crippen molar-refractivity contribution in [1.29, 1.82) is 0 Å². The molecule has 2 nitrogen and oxygen atoms in total. The van der Waals surface area contributed by atoms with Crippen LogP contribution in [0.2, 0.25) is 0 Å². The number of hydrogen-bond acceptors (Lipinski definition) is 2. The Balaban J connectivity index is 2.47. The van der Waals surface area contributed by atoms with E-state index in [-0.39, 0.29) is 6.04 Å². The van der Waals surface area contributed by atoms with Gasteiger partial charge in [-0.15, -0.1) is 0 Å². The van der Waals surface area contributed by atoms with Crippen LogP contribution >= 0.6 is 15.9 Å². The lowest BCUT2D eigenvalue weighted by Gasteiger charge is -2.07. The molecule has 2 atom stereocenters. The van der Waals surface area contributed by atoms with E-state index in [4.69, 9.17) is 5.73 Å². The van der Waals surface area contributed by atoms with Gasteiger partial charge in [-0.1, -0.05) is 22.0 Å². The predicted molar refractivity (Wildman–Crippen MR) is 50.8 cm³/mol. The van der Waals surface area contributed by atoms with Crippen molar-refractivity contribution in [2.24, 2.45) is 5.73 Å². The van der Waals surface area contributed by atoms with Crippen molar-refractivity contribution in [2.75, 3.05) is 0 Å². The van der Waals surface area contributed by atoms with Crippen LogP contribution in [0.25, 0.3) is 0 Å². The van der Waals surface area contributed by atoms with E-state index in [0.717, 1.165) is 15.6 Å². The minimum atomic E-state index is -0.408. The minimum Gasteiger partial charge on any atom is -0.391 e. The summed E-state index contributed by atoms with van der Waals surface area (Å²) in [6.45, 7) is 0. The number of nitrogens with two attached hydrogens (primary N) is 1. The molecule has 1 aromatic carbocycles.